The summed E-state index contributed by atoms with van der Waals surface area (Å²) in [6.45, 7) is 21.0. The number of ketones is 3. The summed E-state index contributed by atoms with van der Waals surface area (Å²) in [6, 6.07) is 12.8. The number of hydrogen-bond donors (Lipinski definition) is 0. The van der Waals surface area contributed by atoms with Crippen molar-refractivity contribution in [3.63, 3.8) is 0 Å². The van der Waals surface area contributed by atoms with E-state index >= 15 is 0 Å². The van der Waals surface area contributed by atoms with Crippen LogP contribution >= 0.6 is 0 Å². The molecular formula is C45H74O10Si2. The van der Waals surface area contributed by atoms with E-state index < -0.39 is 52.1 Å². The Labute approximate surface area is 345 Å². The van der Waals surface area contributed by atoms with Crippen LogP contribution in [-0.2, 0) is 48.8 Å². The number of ether oxygens (including phenoxy) is 3. The molecule has 3 atom stereocenters. The van der Waals surface area contributed by atoms with Gasteiger partial charge in [-0.2, -0.15) is 0 Å². The first kappa shape index (κ1) is 50.4. The maximum atomic E-state index is 14.3. The maximum absolute atomic E-state index is 14.3. The van der Waals surface area contributed by atoms with E-state index in [1.165, 1.54) is 0 Å². The molecule has 1 heterocycles. The van der Waals surface area contributed by atoms with Crippen molar-refractivity contribution in [2.75, 3.05) is 13.2 Å². The van der Waals surface area contributed by atoms with Crippen LogP contribution < -0.4 is 0 Å². The highest BCUT2D eigenvalue weighted by molar-refractivity contribution is 6.74. The van der Waals surface area contributed by atoms with Gasteiger partial charge >= 0.3 is 11.9 Å². The van der Waals surface area contributed by atoms with Gasteiger partial charge in [0.15, 0.2) is 22.4 Å². The Kier molecular flexibility index (Phi) is 21.5. The zero-order chi connectivity index (χ0) is 42.7. The van der Waals surface area contributed by atoms with Gasteiger partial charge in [0, 0.05) is 37.9 Å². The molecule has 12 heteroatoms. The smallest absolute Gasteiger partial charge is 0.338 e. The lowest BCUT2D eigenvalue weighted by Crippen LogP contribution is -2.51. The fraction of sp³-hybridized carbons (Fsp3) is 0.711. The predicted octanol–water partition coefficient (Wildman–Crippen LogP) is 10.3. The zero-order valence-corrected chi connectivity index (χ0v) is 38.9. The van der Waals surface area contributed by atoms with Crippen LogP contribution in [0, 0.1) is 5.92 Å². The number of rotatable bonds is 10. The van der Waals surface area contributed by atoms with Gasteiger partial charge in [0.2, 0.25) is 0 Å². The lowest BCUT2D eigenvalue weighted by Gasteiger charge is -2.41. The molecule has 1 aromatic carbocycles. The van der Waals surface area contributed by atoms with E-state index in [0.717, 1.165) is 41.8 Å². The second-order valence-electron chi connectivity index (χ2n) is 16.7. The number of cyclic esters (lactones) is 2. The van der Waals surface area contributed by atoms with Crippen molar-refractivity contribution < 1.29 is 47.0 Å². The van der Waals surface area contributed by atoms with Gasteiger partial charge in [0.25, 0.3) is 0 Å². The number of esters is 2. The Hall–Kier alpha value is -2.78. The van der Waals surface area contributed by atoms with Crippen molar-refractivity contribution in [1.82, 2.24) is 0 Å². The molecule has 0 fully saturated rings. The Morgan fingerprint density at radius 3 is 2.09 bits per heavy atom. The monoisotopic (exact) mass is 830 g/mol. The van der Waals surface area contributed by atoms with E-state index in [1.54, 1.807) is 39.0 Å². The molecule has 0 radical (unpaired) electrons. The fourth-order valence-electron chi connectivity index (χ4n) is 7.55. The first-order valence-corrected chi connectivity index (χ1v) is 26.7. The highest BCUT2D eigenvalue weighted by atomic mass is 28.4. The number of allylic oxidation sites excluding steroid dienone is 1. The first-order valence-electron chi connectivity index (χ1n) is 21.6. The summed E-state index contributed by atoms with van der Waals surface area (Å²) in [5, 5.41) is 0. The Balaban J connectivity index is 2.42. The number of hydrogen-bond acceptors (Lipinski definition) is 10. The normalized spacial score (nSPS) is 24.4. The van der Waals surface area contributed by atoms with Crippen LogP contribution in [0.1, 0.15) is 143 Å². The number of carbonyl (C=O) groups is 5. The number of Topliss-reactive ketones (excluding diaryl/α,β-unsaturated/α-hetero) is 3. The molecule has 0 aliphatic carbocycles. The second-order valence-corrected chi connectivity index (χ2v) is 26.1. The fourth-order valence-corrected chi connectivity index (χ4v) is 13.6. The third-order valence-electron chi connectivity index (χ3n) is 12.1. The summed E-state index contributed by atoms with van der Waals surface area (Å²) in [5.41, 5.74) is -0.637. The van der Waals surface area contributed by atoms with E-state index in [0.29, 0.717) is 50.9 Å². The summed E-state index contributed by atoms with van der Waals surface area (Å²) in [7, 11) is -4.30. The quantitative estimate of drug-likeness (QED) is 0.0972. The lowest BCUT2D eigenvalue weighted by molar-refractivity contribution is -0.158. The third-order valence-corrected chi connectivity index (χ3v) is 21.5. The van der Waals surface area contributed by atoms with Crippen molar-refractivity contribution in [1.29, 1.82) is 0 Å². The third kappa shape index (κ3) is 16.8. The van der Waals surface area contributed by atoms with Crippen LogP contribution in [0.2, 0.25) is 36.3 Å². The highest BCUT2D eigenvalue weighted by Gasteiger charge is 2.43. The van der Waals surface area contributed by atoms with E-state index in [-0.39, 0.29) is 49.3 Å². The van der Waals surface area contributed by atoms with Crippen LogP contribution in [0.25, 0.3) is 0 Å². The minimum absolute atomic E-state index is 0.00244. The van der Waals surface area contributed by atoms with Crippen molar-refractivity contribution >= 4 is 45.9 Å². The number of fused-ring (bicyclic) bond motifs is 2. The molecule has 0 amide bonds. The predicted molar refractivity (Wildman–Crippen MR) is 230 cm³/mol. The van der Waals surface area contributed by atoms with Crippen LogP contribution in [0.3, 0.4) is 0 Å². The van der Waals surface area contributed by atoms with Crippen molar-refractivity contribution in [2.45, 2.75) is 187 Å². The minimum Gasteiger partial charge on any atom is -0.459 e. The van der Waals surface area contributed by atoms with Crippen molar-refractivity contribution in [3.05, 3.63) is 47.5 Å². The molecule has 10 nitrogen and oxygen atoms in total. The zero-order valence-electron chi connectivity index (χ0n) is 36.9. The molecular weight excluding hydrogens is 757 g/mol. The maximum Gasteiger partial charge on any atom is 0.338 e. The summed E-state index contributed by atoms with van der Waals surface area (Å²) < 4.78 is 31.4. The van der Waals surface area contributed by atoms with Gasteiger partial charge < -0.3 is 23.1 Å². The molecule has 0 spiro atoms. The van der Waals surface area contributed by atoms with Gasteiger partial charge in [-0.3, -0.25) is 19.2 Å². The Bertz CT molecular complexity index is 1470. The second kappa shape index (κ2) is 24.3. The standard InChI is InChI=1S/C45H74O10Si2/c1-11-56(12-2,13-3)54-39-25-28-45(10,55-57(14-4,15-5)16-6)41(48)24-23-38(46)31-35(7)40(47)33-42(49)53-44(8,9)27-18-17-19-29-52-43(50)37-22-20-21-36(32-37)34-51-30-26-39/h17,19-22,32,35,39H,11-16,18,23-31,33-34H2,1-10H3/b19-17+/t35-,39+,45-/m1/s1. The van der Waals surface area contributed by atoms with Crippen LogP contribution in [-0.4, -0.2) is 76.4 Å². The largest absolute Gasteiger partial charge is 0.459 e. The summed E-state index contributed by atoms with van der Waals surface area (Å²) in [4.78, 5) is 66.1. The Morgan fingerprint density at radius 1 is 0.807 bits per heavy atom. The number of benzene rings is 1. The van der Waals surface area contributed by atoms with Crippen LogP contribution in [0.4, 0.5) is 0 Å². The highest BCUT2D eigenvalue weighted by Crippen LogP contribution is 2.35. The first-order chi connectivity index (χ1) is 26.9. The molecule has 322 valence electrons. The van der Waals surface area contributed by atoms with Gasteiger partial charge in [-0.1, -0.05) is 72.8 Å². The van der Waals surface area contributed by atoms with Crippen molar-refractivity contribution in [2.24, 2.45) is 5.92 Å². The van der Waals surface area contributed by atoms with E-state index in [2.05, 4.69) is 41.5 Å². The van der Waals surface area contributed by atoms with Gasteiger partial charge in [0.05, 0.1) is 12.2 Å². The van der Waals surface area contributed by atoms with Crippen LogP contribution in [0.5, 0.6) is 0 Å². The van der Waals surface area contributed by atoms with Gasteiger partial charge in [-0.05, 0) is 107 Å². The summed E-state index contributed by atoms with van der Waals surface area (Å²) >= 11 is 0. The van der Waals surface area contributed by atoms with Crippen LogP contribution in [0.15, 0.2) is 36.4 Å². The van der Waals surface area contributed by atoms with E-state index in [1.807, 2.05) is 25.1 Å². The van der Waals surface area contributed by atoms with Gasteiger partial charge in [0.1, 0.15) is 35.8 Å². The molecule has 2 bridgehead atoms. The number of carbonyl (C=O) groups excluding carboxylic acids is 5. The Morgan fingerprint density at radius 2 is 1.46 bits per heavy atom. The molecule has 1 aromatic rings. The lowest BCUT2D eigenvalue weighted by atomic mass is 9.89. The summed E-state index contributed by atoms with van der Waals surface area (Å²) in [5.74, 6) is -2.43. The van der Waals surface area contributed by atoms with Gasteiger partial charge in [-0.25, -0.2) is 4.79 Å². The van der Waals surface area contributed by atoms with E-state index in [4.69, 9.17) is 23.1 Å². The molecule has 0 saturated carbocycles. The molecule has 57 heavy (non-hydrogen) atoms. The molecule has 1 aliphatic heterocycles. The molecule has 0 unspecified atom stereocenters. The summed E-state index contributed by atoms with van der Waals surface area (Å²) in [6.07, 6.45) is 5.76. The van der Waals surface area contributed by atoms with E-state index in [9.17, 15) is 24.0 Å². The molecule has 2 rings (SSSR count). The molecule has 0 aromatic heterocycles. The minimum atomic E-state index is -2.26. The topological polar surface area (TPSA) is 131 Å². The van der Waals surface area contributed by atoms with Gasteiger partial charge in [-0.15, -0.1) is 0 Å². The average Bonchev–Trinajstić information content (AvgIpc) is 3.19. The molecule has 0 N–H and O–H groups in total. The SMILES string of the molecule is CC[Si](CC)(CC)O[C@@H]1CCOCc2cccc(c2)C(=O)OC/C=C/CCC(C)(C)OC(=O)CC(=O)[C@H](C)CC(=O)CCC(=O)[C@](C)(O[Si](CC)(CC)CC)CC1. The van der Waals surface area contributed by atoms with Crippen molar-refractivity contribution in [3.8, 4) is 0 Å². The molecule has 0 saturated heterocycles. The average molecular weight is 831 g/mol. The molecule has 1 aliphatic rings.